The molecule has 36 heavy (non-hydrogen) atoms. The van der Waals surface area contributed by atoms with Crippen molar-refractivity contribution >= 4 is 11.5 Å². The maximum Gasteiger partial charge on any atom is 0.343 e. The molecule has 0 N–H and O–H groups in total. The molecule has 1 aliphatic heterocycles. The lowest BCUT2D eigenvalue weighted by atomic mass is 9.75. The first-order valence-corrected chi connectivity index (χ1v) is 12.8. The zero-order valence-electron chi connectivity index (χ0n) is 20.9. The largest absolute Gasteiger partial charge is 0.423 e. The van der Waals surface area contributed by atoms with E-state index in [1.807, 2.05) is 60.7 Å². The molecule has 5 rings (SSSR count). The van der Waals surface area contributed by atoms with Gasteiger partial charge in [-0.3, -0.25) is 0 Å². The summed E-state index contributed by atoms with van der Waals surface area (Å²) >= 11 is 0. The van der Waals surface area contributed by atoms with Gasteiger partial charge in [0.05, 0.1) is 11.7 Å². The Bertz CT molecular complexity index is 1250. The Morgan fingerprint density at radius 2 is 1.50 bits per heavy atom. The Balaban J connectivity index is 1.63. The van der Waals surface area contributed by atoms with E-state index in [9.17, 15) is 4.79 Å². The van der Waals surface area contributed by atoms with Crippen LogP contribution in [0.3, 0.4) is 0 Å². The number of allylic oxidation sites excluding steroid dienone is 2. The van der Waals surface area contributed by atoms with Gasteiger partial charge in [0.25, 0.3) is 0 Å². The van der Waals surface area contributed by atoms with Gasteiger partial charge in [0, 0.05) is 5.57 Å². The SMILES string of the molecule is CC[C@H]1O[C@@H](CC)[C@](C2=CC(OC(=O)c3ccccc3)=C(c3ccccc3)CC2)(c2ccccc2)O1. The van der Waals surface area contributed by atoms with E-state index in [4.69, 9.17) is 14.2 Å². The summed E-state index contributed by atoms with van der Waals surface area (Å²) in [5, 5.41) is 0. The molecule has 3 aromatic rings. The topological polar surface area (TPSA) is 44.8 Å². The number of ether oxygens (including phenoxy) is 3. The number of carbonyl (C=O) groups is 1. The lowest BCUT2D eigenvalue weighted by Gasteiger charge is -2.37. The first-order chi connectivity index (χ1) is 17.7. The van der Waals surface area contributed by atoms with Crippen LogP contribution < -0.4 is 0 Å². The van der Waals surface area contributed by atoms with Crippen molar-refractivity contribution in [2.45, 2.75) is 57.5 Å². The van der Waals surface area contributed by atoms with Crippen molar-refractivity contribution in [3.63, 3.8) is 0 Å². The molecule has 1 heterocycles. The molecule has 2 aliphatic rings. The average molecular weight is 481 g/mol. The summed E-state index contributed by atoms with van der Waals surface area (Å²) in [6, 6.07) is 29.6. The Kier molecular flexibility index (Phi) is 7.17. The van der Waals surface area contributed by atoms with Crippen LogP contribution in [-0.4, -0.2) is 18.4 Å². The molecule has 1 fully saturated rings. The van der Waals surface area contributed by atoms with Crippen molar-refractivity contribution in [2.24, 2.45) is 0 Å². The predicted octanol–water partition coefficient (Wildman–Crippen LogP) is 7.43. The lowest BCUT2D eigenvalue weighted by molar-refractivity contribution is -0.0841. The van der Waals surface area contributed by atoms with Crippen LogP contribution >= 0.6 is 0 Å². The van der Waals surface area contributed by atoms with Crippen LogP contribution in [0.15, 0.2) is 108 Å². The number of hydrogen-bond donors (Lipinski definition) is 0. The Morgan fingerprint density at radius 1 is 0.861 bits per heavy atom. The van der Waals surface area contributed by atoms with Gasteiger partial charge >= 0.3 is 5.97 Å². The summed E-state index contributed by atoms with van der Waals surface area (Å²) in [6.07, 6.45) is 4.69. The molecule has 3 atom stereocenters. The van der Waals surface area contributed by atoms with Crippen LogP contribution in [0.1, 0.15) is 61.0 Å². The number of benzene rings is 3. The van der Waals surface area contributed by atoms with E-state index in [0.717, 1.165) is 48.0 Å². The lowest BCUT2D eigenvalue weighted by Crippen LogP contribution is -2.39. The van der Waals surface area contributed by atoms with Gasteiger partial charge in [0.15, 0.2) is 6.29 Å². The second-order valence-corrected chi connectivity index (χ2v) is 9.22. The zero-order chi connectivity index (χ0) is 25.0. The van der Waals surface area contributed by atoms with E-state index in [1.54, 1.807) is 12.1 Å². The number of hydrogen-bond acceptors (Lipinski definition) is 4. The summed E-state index contributed by atoms with van der Waals surface area (Å²) in [6.45, 7) is 4.21. The van der Waals surface area contributed by atoms with Crippen LogP contribution in [0.5, 0.6) is 0 Å². The van der Waals surface area contributed by atoms with E-state index in [1.165, 1.54) is 0 Å². The summed E-state index contributed by atoms with van der Waals surface area (Å²) < 4.78 is 19.3. The quantitative estimate of drug-likeness (QED) is 0.330. The first-order valence-electron chi connectivity index (χ1n) is 12.8. The van der Waals surface area contributed by atoms with Crippen molar-refractivity contribution in [1.82, 2.24) is 0 Å². The van der Waals surface area contributed by atoms with Gasteiger partial charge in [-0.1, -0.05) is 92.7 Å². The molecule has 1 saturated heterocycles. The van der Waals surface area contributed by atoms with Gasteiger partial charge < -0.3 is 14.2 Å². The van der Waals surface area contributed by atoms with Crippen LogP contribution in [0.25, 0.3) is 5.57 Å². The minimum atomic E-state index is -0.733. The summed E-state index contributed by atoms with van der Waals surface area (Å²) in [5.41, 5.74) is 4.01. The fraction of sp³-hybridized carbons (Fsp3) is 0.281. The molecule has 0 amide bonds. The molecule has 3 aromatic carbocycles. The number of esters is 1. The smallest absolute Gasteiger partial charge is 0.343 e. The van der Waals surface area contributed by atoms with Gasteiger partial charge in [0.1, 0.15) is 11.4 Å². The van der Waals surface area contributed by atoms with Crippen LogP contribution in [0, 0.1) is 0 Å². The third-order valence-corrected chi connectivity index (χ3v) is 7.05. The monoisotopic (exact) mass is 480 g/mol. The summed E-state index contributed by atoms with van der Waals surface area (Å²) in [7, 11) is 0. The van der Waals surface area contributed by atoms with Crippen molar-refractivity contribution in [3.05, 3.63) is 125 Å². The van der Waals surface area contributed by atoms with Gasteiger partial charge in [-0.05, 0) is 60.6 Å². The molecule has 0 unspecified atom stereocenters. The third-order valence-electron chi connectivity index (χ3n) is 7.05. The van der Waals surface area contributed by atoms with E-state index >= 15 is 0 Å². The average Bonchev–Trinajstić information content (AvgIpc) is 3.34. The highest BCUT2D eigenvalue weighted by molar-refractivity contribution is 5.91. The van der Waals surface area contributed by atoms with E-state index < -0.39 is 5.60 Å². The Morgan fingerprint density at radius 3 is 2.14 bits per heavy atom. The van der Waals surface area contributed by atoms with Crippen LogP contribution in [-0.2, 0) is 19.8 Å². The van der Waals surface area contributed by atoms with Gasteiger partial charge in [0.2, 0.25) is 0 Å². The molecule has 1 aliphatic carbocycles. The van der Waals surface area contributed by atoms with Crippen molar-refractivity contribution < 1.29 is 19.0 Å². The maximum atomic E-state index is 13.1. The second kappa shape index (κ2) is 10.7. The number of carbonyl (C=O) groups excluding carboxylic acids is 1. The molecule has 4 heteroatoms. The van der Waals surface area contributed by atoms with Gasteiger partial charge in [-0.2, -0.15) is 0 Å². The van der Waals surface area contributed by atoms with Crippen molar-refractivity contribution in [3.8, 4) is 0 Å². The van der Waals surface area contributed by atoms with E-state index in [2.05, 4.69) is 38.1 Å². The molecule has 0 spiro atoms. The molecule has 0 saturated carbocycles. The first kappa shape index (κ1) is 24.2. The number of rotatable bonds is 7. The molecule has 4 nitrogen and oxygen atoms in total. The molecular formula is C32H32O4. The fourth-order valence-electron chi connectivity index (χ4n) is 5.30. The highest BCUT2D eigenvalue weighted by Crippen LogP contribution is 2.50. The van der Waals surface area contributed by atoms with Crippen molar-refractivity contribution in [1.29, 1.82) is 0 Å². The van der Waals surface area contributed by atoms with Crippen LogP contribution in [0.2, 0.25) is 0 Å². The second-order valence-electron chi connectivity index (χ2n) is 9.22. The summed E-state index contributed by atoms with van der Waals surface area (Å²) in [5.74, 6) is 0.206. The minimum Gasteiger partial charge on any atom is -0.423 e. The predicted molar refractivity (Wildman–Crippen MR) is 141 cm³/mol. The zero-order valence-corrected chi connectivity index (χ0v) is 20.9. The Hall–Kier alpha value is -3.47. The van der Waals surface area contributed by atoms with E-state index in [0.29, 0.717) is 11.3 Å². The van der Waals surface area contributed by atoms with Crippen molar-refractivity contribution in [2.75, 3.05) is 0 Å². The van der Waals surface area contributed by atoms with Gasteiger partial charge in [-0.25, -0.2) is 4.79 Å². The minimum absolute atomic E-state index is 0.138. The van der Waals surface area contributed by atoms with Crippen LogP contribution in [0.4, 0.5) is 0 Å². The highest BCUT2D eigenvalue weighted by Gasteiger charge is 2.52. The molecular weight excluding hydrogens is 448 g/mol. The Labute approximate surface area is 213 Å². The molecule has 184 valence electrons. The third kappa shape index (κ3) is 4.55. The summed E-state index contributed by atoms with van der Waals surface area (Å²) in [4.78, 5) is 13.1. The molecule has 0 radical (unpaired) electrons. The molecule has 0 bridgehead atoms. The maximum absolute atomic E-state index is 13.1. The van der Waals surface area contributed by atoms with Gasteiger partial charge in [-0.15, -0.1) is 0 Å². The fourth-order valence-corrected chi connectivity index (χ4v) is 5.30. The van der Waals surface area contributed by atoms with E-state index in [-0.39, 0.29) is 18.4 Å². The standard InChI is InChI=1S/C32H32O4/c1-3-29-32(36-30(4-2)35-29,25-18-12-7-13-19-25)26-20-21-27(23-14-8-5-9-15-23)28(22-26)34-31(33)24-16-10-6-11-17-24/h5-19,22,29-30H,3-4,20-21H2,1-2H3/t29-,30-,32+/m0/s1. The highest BCUT2D eigenvalue weighted by atomic mass is 16.7. The normalized spacial score (nSPS) is 23.9. The molecule has 0 aromatic heterocycles.